The van der Waals surface area contributed by atoms with Gasteiger partial charge in [-0.15, -0.1) is 0 Å². The van der Waals surface area contributed by atoms with Crippen LogP contribution in [0.2, 0.25) is 5.02 Å². The number of pyridine rings is 1. The van der Waals surface area contributed by atoms with Crippen LogP contribution in [0.5, 0.6) is 0 Å². The first-order chi connectivity index (χ1) is 13.2. The molecule has 2 aromatic carbocycles. The van der Waals surface area contributed by atoms with E-state index >= 15 is 0 Å². The van der Waals surface area contributed by atoms with Gasteiger partial charge >= 0.3 is 0 Å². The van der Waals surface area contributed by atoms with Crippen LogP contribution in [0, 0.1) is 0 Å². The highest BCUT2D eigenvalue weighted by atomic mass is 35.5. The van der Waals surface area contributed by atoms with Crippen LogP contribution in [-0.2, 0) is 25.8 Å². The molecule has 0 saturated heterocycles. The van der Waals surface area contributed by atoms with Crippen molar-refractivity contribution in [3.05, 3.63) is 83.5 Å². The van der Waals surface area contributed by atoms with E-state index in [1.807, 2.05) is 0 Å². The molecule has 3 aromatic rings. The van der Waals surface area contributed by atoms with Crippen molar-refractivity contribution in [1.29, 1.82) is 0 Å². The Hall–Kier alpha value is -2.62. The third-order valence-electron chi connectivity index (χ3n) is 3.61. The zero-order chi connectivity index (χ0) is 20.2. The van der Waals surface area contributed by atoms with Crippen LogP contribution in [0.3, 0.4) is 0 Å². The number of nitrogens with zero attached hydrogens (tertiary/aromatic N) is 1. The number of nitrogens with one attached hydrogen (secondary N) is 2. The van der Waals surface area contributed by atoms with Crippen molar-refractivity contribution in [2.45, 2.75) is 10.6 Å². The summed E-state index contributed by atoms with van der Waals surface area (Å²) in [6, 6.07) is 16.7. The Kier molecular flexibility index (Phi) is 5.87. The molecule has 10 heteroatoms. The van der Waals surface area contributed by atoms with Gasteiger partial charge in [-0.05, 0) is 54.1 Å². The van der Waals surface area contributed by atoms with E-state index < -0.39 is 20.0 Å². The molecule has 0 aliphatic rings. The largest absolute Gasteiger partial charge is 0.283 e. The molecule has 0 atom stereocenters. The number of hydrogen-bond donors (Lipinski definition) is 2. The lowest BCUT2D eigenvalue weighted by molar-refractivity contribution is 0.599. The lowest BCUT2D eigenvalue weighted by atomic mass is 10.2. The first-order valence-corrected chi connectivity index (χ1v) is 11.5. The molecule has 0 aliphatic carbocycles. The number of halogens is 1. The Balaban J connectivity index is 1.70. The van der Waals surface area contributed by atoms with Gasteiger partial charge in [-0.2, -0.15) is 0 Å². The minimum absolute atomic E-state index is 0.0150. The first kappa shape index (κ1) is 20.1. The molecule has 0 spiro atoms. The van der Waals surface area contributed by atoms with E-state index in [0.29, 0.717) is 10.6 Å². The molecule has 3 rings (SSSR count). The average molecular weight is 438 g/mol. The molecule has 0 amide bonds. The van der Waals surface area contributed by atoms with Crippen LogP contribution in [0.1, 0.15) is 5.56 Å². The molecule has 0 aliphatic heterocycles. The van der Waals surface area contributed by atoms with Crippen molar-refractivity contribution >= 4 is 43.2 Å². The monoisotopic (exact) mass is 437 g/mol. The van der Waals surface area contributed by atoms with Crippen LogP contribution in [0.25, 0.3) is 0 Å². The highest BCUT2D eigenvalue weighted by Crippen LogP contribution is 2.19. The Morgan fingerprint density at radius 3 is 2.11 bits per heavy atom. The first-order valence-electron chi connectivity index (χ1n) is 8.02. The second kappa shape index (κ2) is 8.17. The zero-order valence-electron chi connectivity index (χ0n) is 14.4. The lowest BCUT2D eigenvalue weighted by Gasteiger charge is -2.10. The standard InChI is InChI=1S/C18H16ClN3O4S2/c19-15-6-4-14(5-7-15)13-27(23,24)21-16-8-10-17(11-9-16)28(25,26)22-18-3-1-2-12-20-18/h1-12,21H,13H2,(H,20,22). The third-order valence-corrected chi connectivity index (χ3v) is 6.49. The molecule has 7 nitrogen and oxygen atoms in total. The Morgan fingerprint density at radius 2 is 1.50 bits per heavy atom. The summed E-state index contributed by atoms with van der Waals surface area (Å²) in [5, 5.41) is 0.519. The summed E-state index contributed by atoms with van der Waals surface area (Å²) in [5.41, 5.74) is 0.835. The molecule has 28 heavy (non-hydrogen) atoms. The fourth-order valence-corrected chi connectivity index (χ4v) is 4.67. The maximum absolute atomic E-state index is 12.4. The molecular formula is C18H16ClN3O4S2. The minimum Gasteiger partial charge on any atom is -0.283 e. The van der Waals surface area contributed by atoms with Crippen LogP contribution in [0.4, 0.5) is 11.5 Å². The fourth-order valence-electron chi connectivity index (χ4n) is 2.34. The van der Waals surface area contributed by atoms with Gasteiger partial charge in [0.2, 0.25) is 10.0 Å². The van der Waals surface area contributed by atoms with Crippen LogP contribution in [0.15, 0.2) is 77.8 Å². The van der Waals surface area contributed by atoms with Gasteiger partial charge in [0.15, 0.2) is 0 Å². The summed E-state index contributed by atoms with van der Waals surface area (Å²) in [5.74, 6) is -0.0407. The van der Waals surface area contributed by atoms with Gasteiger partial charge in [-0.1, -0.05) is 29.8 Å². The van der Waals surface area contributed by atoms with E-state index in [1.165, 1.54) is 36.5 Å². The molecule has 0 saturated carbocycles. The summed E-state index contributed by atoms with van der Waals surface area (Å²) in [4.78, 5) is 3.90. The van der Waals surface area contributed by atoms with Crippen molar-refractivity contribution in [1.82, 2.24) is 4.98 Å². The number of anilines is 2. The van der Waals surface area contributed by atoms with Crippen molar-refractivity contribution in [2.75, 3.05) is 9.44 Å². The maximum atomic E-state index is 12.4. The van der Waals surface area contributed by atoms with E-state index in [-0.39, 0.29) is 22.2 Å². The molecule has 0 fully saturated rings. The number of sulfonamides is 2. The summed E-state index contributed by atoms with van der Waals surface area (Å²) in [6.07, 6.45) is 1.47. The van der Waals surface area contributed by atoms with Gasteiger partial charge in [-0.25, -0.2) is 21.8 Å². The summed E-state index contributed by atoms with van der Waals surface area (Å²) in [6.45, 7) is 0. The van der Waals surface area contributed by atoms with Gasteiger partial charge in [0.1, 0.15) is 5.82 Å². The molecule has 1 heterocycles. The van der Waals surface area contributed by atoms with Gasteiger partial charge in [-0.3, -0.25) is 9.44 Å². The molecule has 0 bridgehead atoms. The van der Waals surface area contributed by atoms with Crippen molar-refractivity contribution < 1.29 is 16.8 Å². The van der Waals surface area contributed by atoms with Gasteiger partial charge in [0.25, 0.3) is 10.0 Å². The van der Waals surface area contributed by atoms with Crippen LogP contribution < -0.4 is 9.44 Å². The Bertz CT molecular complexity index is 1150. The number of aromatic nitrogens is 1. The highest BCUT2D eigenvalue weighted by Gasteiger charge is 2.16. The minimum atomic E-state index is -3.83. The zero-order valence-corrected chi connectivity index (χ0v) is 16.8. The summed E-state index contributed by atoms with van der Waals surface area (Å²) < 4.78 is 54.1. The smallest absolute Gasteiger partial charge is 0.263 e. The molecule has 0 radical (unpaired) electrons. The fraction of sp³-hybridized carbons (Fsp3) is 0.0556. The second-order valence-corrected chi connectivity index (χ2v) is 9.67. The Labute approximate surface area is 168 Å². The number of rotatable bonds is 7. The predicted molar refractivity (Wildman–Crippen MR) is 109 cm³/mol. The van der Waals surface area contributed by atoms with E-state index in [9.17, 15) is 16.8 Å². The van der Waals surface area contributed by atoms with Crippen molar-refractivity contribution in [3.8, 4) is 0 Å². The normalized spacial score (nSPS) is 11.8. The van der Waals surface area contributed by atoms with Gasteiger partial charge < -0.3 is 0 Å². The highest BCUT2D eigenvalue weighted by molar-refractivity contribution is 7.92. The molecule has 2 N–H and O–H groups in total. The lowest BCUT2D eigenvalue weighted by Crippen LogP contribution is -2.16. The van der Waals surface area contributed by atoms with Crippen molar-refractivity contribution in [2.24, 2.45) is 0 Å². The van der Waals surface area contributed by atoms with E-state index in [2.05, 4.69) is 14.4 Å². The molecule has 1 aromatic heterocycles. The van der Waals surface area contributed by atoms with Crippen LogP contribution in [-0.4, -0.2) is 21.8 Å². The van der Waals surface area contributed by atoms with E-state index in [0.717, 1.165) is 0 Å². The molecule has 0 unspecified atom stereocenters. The van der Waals surface area contributed by atoms with Crippen molar-refractivity contribution in [3.63, 3.8) is 0 Å². The number of benzene rings is 2. The summed E-state index contributed by atoms with van der Waals surface area (Å²) >= 11 is 5.79. The SMILES string of the molecule is O=S(=O)(Cc1ccc(Cl)cc1)Nc1ccc(S(=O)(=O)Nc2ccccn2)cc1. The number of hydrogen-bond acceptors (Lipinski definition) is 5. The van der Waals surface area contributed by atoms with E-state index in [1.54, 1.807) is 36.4 Å². The van der Waals surface area contributed by atoms with Crippen LogP contribution >= 0.6 is 11.6 Å². The second-order valence-electron chi connectivity index (χ2n) is 5.83. The topological polar surface area (TPSA) is 105 Å². The third kappa shape index (κ3) is 5.44. The maximum Gasteiger partial charge on any atom is 0.263 e. The molecular weight excluding hydrogens is 422 g/mol. The van der Waals surface area contributed by atoms with Gasteiger partial charge in [0, 0.05) is 16.9 Å². The Morgan fingerprint density at radius 1 is 0.821 bits per heavy atom. The predicted octanol–water partition coefficient (Wildman–Crippen LogP) is 3.48. The molecule has 146 valence electrons. The quantitative estimate of drug-likeness (QED) is 0.588. The van der Waals surface area contributed by atoms with E-state index in [4.69, 9.17) is 11.6 Å². The average Bonchev–Trinajstić information content (AvgIpc) is 2.64. The van der Waals surface area contributed by atoms with Gasteiger partial charge in [0.05, 0.1) is 10.6 Å². The summed E-state index contributed by atoms with van der Waals surface area (Å²) in [7, 11) is -7.49.